The lowest BCUT2D eigenvalue weighted by atomic mass is 10.2. The van der Waals surface area contributed by atoms with Gasteiger partial charge < -0.3 is 14.5 Å². The highest BCUT2D eigenvalue weighted by molar-refractivity contribution is 5.95. The van der Waals surface area contributed by atoms with Crippen molar-refractivity contribution in [1.82, 2.24) is 9.88 Å². The molecule has 1 saturated heterocycles. The second kappa shape index (κ2) is 7.94. The van der Waals surface area contributed by atoms with Crippen LogP contribution in [0.3, 0.4) is 0 Å². The molecule has 1 fully saturated rings. The Kier molecular flexibility index (Phi) is 5.96. The van der Waals surface area contributed by atoms with Gasteiger partial charge in [0.2, 0.25) is 5.91 Å². The predicted octanol–water partition coefficient (Wildman–Crippen LogP) is 2.10. The van der Waals surface area contributed by atoms with Crippen LogP contribution >= 0.6 is 0 Å². The van der Waals surface area contributed by atoms with Gasteiger partial charge in [-0.05, 0) is 38.8 Å². The number of esters is 1. The molecule has 1 aliphatic rings. The summed E-state index contributed by atoms with van der Waals surface area (Å²) in [7, 11) is 0. The Hall–Kier alpha value is -2.11. The van der Waals surface area contributed by atoms with Crippen LogP contribution in [0.25, 0.3) is 0 Å². The Labute approximate surface area is 137 Å². The van der Waals surface area contributed by atoms with E-state index in [0.29, 0.717) is 17.9 Å². The lowest BCUT2D eigenvalue weighted by Gasteiger charge is -2.23. The minimum atomic E-state index is -0.398. The zero-order valence-electron chi connectivity index (χ0n) is 14.1. The van der Waals surface area contributed by atoms with Crippen LogP contribution in [0, 0.1) is 0 Å². The van der Waals surface area contributed by atoms with Crippen molar-refractivity contribution in [2.24, 2.45) is 0 Å². The molecule has 1 aromatic heterocycles. The number of nitrogens with zero attached hydrogens (tertiary/aromatic N) is 3. The number of hydrogen-bond donors (Lipinski definition) is 0. The quantitative estimate of drug-likeness (QED) is 0.778. The van der Waals surface area contributed by atoms with Crippen molar-refractivity contribution in [3.05, 3.63) is 23.9 Å². The summed E-state index contributed by atoms with van der Waals surface area (Å²) < 4.78 is 5.28. The standard InChI is InChI=1S/C17H25N3O3/c1-4-9-19-10-6-11-20(12-15(19)21)16-14(7-5-8-18-16)17(22)23-13(2)3/h5,7-8,13H,4,6,9-12H2,1-3H3. The second-order valence-corrected chi connectivity index (χ2v) is 5.98. The highest BCUT2D eigenvalue weighted by atomic mass is 16.5. The number of carbonyl (C=O) groups is 2. The van der Waals surface area contributed by atoms with Crippen molar-refractivity contribution >= 4 is 17.7 Å². The predicted molar refractivity (Wildman–Crippen MR) is 88.5 cm³/mol. The fourth-order valence-electron chi connectivity index (χ4n) is 2.69. The van der Waals surface area contributed by atoms with E-state index in [4.69, 9.17) is 4.74 Å². The van der Waals surface area contributed by atoms with E-state index in [1.807, 2.05) is 23.6 Å². The van der Waals surface area contributed by atoms with Crippen LogP contribution in [0.15, 0.2) is 18.3 Å². The average molecular weight is 319 g/mol. The van der Waals surface area contributed by atoms with Crippen molar-refractivity contribution in [3.63, 3.8) is 0 Å². The molecule has 0 aliphatic carbocycles. The van der Waals surface area contributed by atoms with Crippen LogP contribution in [0.2, 0.25) is 0 Å². The molecule has 2 rings (SSSR count). The van der Waals surface area contributed by atoms with E-state index in [0.717, 1.165) is 25.9 Å². The molecule has 6 heteroatoms. The van der Waals surface area contributed by atoms with Gasteiger partial charge in [0.15, 0.2) is 0 Å². The van der Waals surface area contributed by atoms with Gasteiger partial charge in [-0.2, -0.15) is 0 Å². The molecule has 1 aliphatic heterocycles. The topological polar surface area (TPSA) is 62.7 Å². The summed E-state index contributed by atoms with van der Waals surface area (Å²) in [6.45, 7) is 8.16. The maximum absolute atomic E-state index is 12.4. The Morgan fingerprint density at radius 1 is 1.39 bits per heavy atom. The first-order valence-electron chi connectivity index (χ1n) is 8.21. The van der Waals surface area contributed by atoms with Gasteiger partial charge >= 0.3 is 5.97 Å². The molecule has 2 heterocycles. The van der Waals surface area contributed by atoms with Crippen LogP contribution in [-0.2, 0) is 9.53 Å². The molecule has 0 N–H and O–H groups in total. The van der Waals surface area contributed by atoms with Crippen molar-refractivity contribution in [2.45, 2.75) is 39.7 Å². The Morgan fingerprint density at radius 3 is 2.87 bits per heavy atom. The van der Waals surface area contributed by atoms with Crippen LogP contribution in [0.4, 0.5) is 5.82 Å². The molecular formula is C17H25N3O3. The van der Waals surface area contributed by atoms with E-state index in [2.05, 4.69) is 11.9 Å². The summed E-state index contributed by atoms with van der Waals surface area (Å²) in [5.74, 6) is 0.216. The number of carbonyl (C=O) groups excluding carboxylic acids is 2. The largest absolute Gasteiger partial charge is 0.459 e. The van der Waals surface area contributed by atoms with Gasteiger partial charge in [0.1, 0.15) is 11.4 Å². The summed E-state index contributed by atoms with van der Waals surface area (Å²) in [5, 5.41) is 0. The van der Waals surface area contributed by atoms with Crippen molar-refractivity contribution in [1.29, 1.82) is 0 Å². The molecule has 0 bridgehead atoms. The number of amides is 1. The van der Waals surface area contributed by atoms with Crippen LogP contribution in [0.1, 0.15) is 44.0 Å². The number of anilines is 1. The normalized spacial score (nSPS) is 15.7. The monoisotopic (exact) mass is 319 g/mol. The van der Waals surface area contributed by atoms with Crippen molar-refractivity contribution in [2.75, 3.05) is 31.1 Å². The van der Waals surface area contributed by atoms with E-state index in [9.17, 15) is 9.59 Å². The van der Waals surface area contributed by atoms with Gasteiger partial charge in [-0.3, -0.25) is 4.79 Å². The van der Waals surface area contributed by atoms with Gasteiger partial charge in [0.25, 0.3) is 0 Å². The maximum atomic E-state index is 12.4. The lowest BCUT2D eigenvalue weighted by Crippen LogP contribution is -2.38. The minimum absolute atomic E-state index is 0.0816. The zero-order chi connectivity index (χ0) is 16.8. The fraction of sp³-hybridized carbons (Fsp3) is 0.588. The first-order valence-corrected chi connectivity index (χ1v) is 8.21. The summed E-state index contributed by atoms with van der Waals surface area (Å²) in [6.07, 6.45) is 3.25. The number of pyridine rings is 1. The molecule has 23 heavy (non-hydrogen) atoms. The number of ether oxygens (including phenoxy) is 1. The first kappa shape index (κ1) is 17.2. The van der Waals surface area contributed by atoms with Gasteiger partial charge in [0, 0.05) is 25.8 Å². The smallest absolute Gasteiger partial charge is 0.342 e. The molecule has 0 atom stereocenters. The molecule has 0 aromatic carbocycles. The van der Waals surface area contributed by atoms with Crippen LogP contribution in [0.5, 0.6) is 0 Å². The fourth-order valence-corrected chi connectivity index (χ4v) is 2.69. The van der Waals surface area contributed by atoms with Gasteiger partial charge in [-0.25, -0.2) is 9.78 Å². The summed E-state index contributed by atoms with van der Waals surface area (Å²) >= 11 is 0. The van der Waals surface area contributed by atoms with Crippen LogP contribution in [-0.4, -0.2) is 54.0 Å². The summed E-state index contributed by atoms with van der Waals surface area (Å²) in [5.41, 5.74) is 0.415. The van der Waals surface area contributed by atoms with Crippen molar-refractivity contribution in [3.8, 4) is 0 Å². The third-order valence-corrected chi connectivity index (χ3v) is 3.68. The molecule has 126 valence electrons. The van der Waals surface area contributed by atoms with Crippen LogP contribution < -0.4 is 4.90 Å². The molecule has 1 aromatic rings. The van der Waals surface area contributed by atoms with Gasteiger partial charge in [-0.15, -0.1) is 0 Å². The van der Waals surface area contributed by atoms with Gasteiger partial charge in [0.05, 0.1) is 12.6 Å². The lowest BCUT2D eigenvalue weighted by molar-refractivity contribution is -0.129. The Balaban J connectivity index is 2.21. The molecule has 0 radical (unpaired) electrons. The SMILES string of the molecule is CCCN1CCCN(c2ncccc2C(=O)OC(C)C)CC1=O. The molecule has 0 spiro atoms. The second-order valence-electron chi connectivity index (χ2n) is 5.98. The summed E-state index contributed by atoms with van der Waals surface area (Å²) in [6, 6.07) is 3.41. The highest BCUT2D eigenvalue weighted by Crippen LogP contribution is 2.21. The number of rotatable bonds is 5. The highest BCUT2D eigenvalue weighted by Gasteiger charge is 2.25. The zero-order valence-corrected chi connectivity index (χ0v) is 14.1. The first-order chi connectivity index (χ1) is 11.0. The van der Waals surface area contributed by atoms with E-state index in [1.54, 1.807) is 18.3 Å². The third-order valence-electron chi connectivity index (χ3n) is 3.68. The average Bonchev–Trinajstić information content (AvgIpc) is 2.69. The minimum Gasteiger partial charge on any atom is -0.459 e. The van der Waals surface area contributed by atoms with E-state index in [1.165, 1.54) is 0 Å². The maximum Gasteiger partial charge on any atom is 0.342 e. The molecule has 1 amide bonds. The molecule has 6 nitrogen and oxygen atoms in total. The molecule has 0 saturated carbocycles. The van der Waals surface area contributed by atoms with Gasteiger partial charge in [-0.1, -0.05) is 6.92 Å². The third kappa shape index (κ3) is 4.43. The Morgan fingerprint density at radius 2 is 2.17 bits per heavy atom. The van der Waals surface area contributed by atoms with E-state index >= 15 is 0 Å². The Bertz CT molecular complexity index is 560. The molecular weight excluding hydrogens is 294 g/mol. The van der Waals surface area contributed by atoms with Crippen molar-refractivity contribution < 1.29 is 14.3 Å². The van der Waals surface area contributed by atoms with E-state index in [-0.39, 0.29) is 18.6 Å². The summed E-state index contributed by atoms with van der Waals surface area (Å²) in [4.78, 5) is 32.8. The number of aromatic nitrogens is 1. The molecule has 0 unspecified atom stereocenters. The number of hydrogen-bond acceptors (Lipinski definition) is 5. The van der Waals surface area contributed by atoms with E-state index < -0.39 is 5.97 Å².